The van der Waals surface area contributed by atoms with Crippen molar-refractivity contribution in [3.63, 3.8) is 0 Å². The Morgan fingerprint density at radius 3 is 1.61 bits per heavy atom. The van der Waals surface area contributed by atoms with Gasteiger partial charge in [-0.05, 0) is 82.4 Å². The number of aromatic nitrogens is 4. The Balaban J connectivity index is 1.11. The minimum Gasteiger partial charge on any atom is -0.456 e. The van der Waals surface area contributed by atoms with Crippen molar-refractivity contribution in [2.75, 3.05) is 0 Å². The summed E-state index contributed by atoms with van der Waals surface area (Å²) in [6.45, 7) is 0. The van der Waals surface area contributed by atoms with Gasteiger partial charge in [0.15, 0.2) is 17.5 Å². The summed E-state index contributed by atoms with van der Waals surface area (Å²) in [6.07, 6.45) is 0. The van der Waals surface area contributed by atoms with Gasteiger partial charge in [-0.15, -0.1) is 0 Å². The summed E-state index contributed by atoms with van der Waals surface area (Å²) in [4.78, 5) is 16.2. The molecule has 12 rings (SSSR count). The largest absolute Gasteiger partial charge is 0.456 e. The van der Waals surface area contributed by atoms with Gasteiger partial charge < -0.3 is 8.98 Å². The van der Waals surface area contributed by atoms with E-state index in [2.05, 4.69) is 180 Å². The number of hydrogen-bond acceptors (Lipinski definition) is 4. The molecule has 0 atom stereocenters. The quantitative estimate of drug-likeness (QED) is 0.177. The van der Waals surface area contributed by atoms with Crippen molar-refractivity contribution in [3.05, 3.63) is 217 Å². The molecule has 3 aromatic heterocycles. The summed E-state index contributed by atoms with van der Waals surface area (Å²) >= 11 is 0. The molecule has 0 amide bonds. The fourth-order valence-electron chi connectivity index (χ4n) is 9.23. The third-order valence-corrected chi connectivity index (χ3v) is 11.7. The molecule has 3 heterocycles. The van der Waals surface area contributed by atoms with Crippen LogP contribution in [0.4, 0.5) is 0 Å². The second-order valence-corrected chi connectivity index (χ2v) is 14.7. The summed E-state index contributed by atoms with van der Waals surface area (Å²) < 4.78 is 8.71. The van der Waals surface area contributed by atoms with E-state index >= 15 is 0 Å². The number of para-hydroxylation sites is 3. The molecule has 0 spiro atoms. The first-order valence-corrected chi connectivity index (χ1v) is 19.3. The van der Waals surface area contributed by atoms with E-state index in [1.165, 1.54) is 32.9 Å². The van der Waals surface area contributed by atoms with E-state index in [-0.39, 0.29) is 0 Å². The highest BCUT2D eigenvalue weighted by Gasteiger charge is 2.48. The molecule has 57 heavy (non-hydrogen) atoms. The third kappa shape index (κ3) is 4.60. The smallest absolute Gasteiger partial charge is 0.163 e. The van der Waals surface area contributed by atoms with Crippen molar-refractivity contribution in [2.45, 2.75) is 5.41 Å². The molecule has 5 nitrogen and oxygen atoms in total. The van der Waals surface area contributed by atoms with Gasteiger partial charge in [-0.1, -0.05) is 140 Å². The molecule has 0 aliphatic heterocycles. The number of hydrogen-bond donors (Lipinski definition) is 0. The van der Waals surface area contributed by atoms with E-state index in [1.807, 2.05) is 18.2 Å². The van der Waals surface area contributed by atoms with Gasteiger partial charge in [0.25, 0.3) is 0 Å². The fourth-order valence-corrected chi connectivity index (χ4v) is 9.23. The van der Waals surface area contributed by atoms with E-state index in [9.17, 15) is 0 Å². The molecule has 0 bridgehead atoms. The molecule has 0 radical (unpaired) electrons. The van der Waals surface area contributed by atoms with Crippen LogP contribution in [0.5, 0.6) is 0 Å². The SMILES string of the molecule is c1ccc(C2(c3nc(-c4ccc(-n5c6ccccc6c6ccccc65)cc4)nc(-c4ccc5c(c4)oc4ccccc45)n3)c3ccccc3-c3ccccc32)cc1. The minimum atomic E-state index is -0.798. The average Bonchev–Trinajstić information content (AvgIpc) is 3.93. The van der Waals surface area contributed by atoms with Crippen LogP contribution in [0, 0.1) is 0 Å². The van der Waals surface area contributed by atoms with E-state index in [1.54, 1.807) is 0 Å². The highest BCUT2D eigenvalue weighted by Crippen LogP contribution is 2.55. The van der Waals surface area contributed by atoms with E-state index in [0.29, 0.717) is 17.5 Å². The molecule has 0 unspecified atom stereocenters. The van der Waals surface area contributed by atoms with Crippen LogP contribution in [0.3, 0.4) is 0 Å². The van der Waals surface area contributed by atoms with Crippen molar-refractivity contribution in [3.8, 4) is 39.6 Å². The van der Waals surface area contributed by atoms with Crippen molar-refractivity contribution < 1.29 is 4.42 Å². The van der Waals surface area contributed by atoms with Crippen LogP contribution in [0.25, 0.3) is 83.3 Å². The van der Waals surface area contributed by atoms with Gasteiger partial charge in [-0.3, -0.25) is 0 Å². The second-order valence-electron chi connectivity index (χ2n) is 14.7. The highest BCUT2D eigenvalue weighted by atomic mass is 16.3. The van der Waals surface area contributed by atoms with Gasteiger partial charge in [0.2, 0.25) is 0 Å². The standard InChI is InChI=1S/C52H32N4O/c1-2-14-35(15-3-1)52(43-21-9-4-16-37(43)38-17-5-10-22-44(38)52)51-54-49(53-50(55-51)34-28-31-42-41-20-8-13-25-47(41)57-48(42)32-34)33-26-29-36(30-27-33)56-45-23-11-6-18-39(45)40-19-7-12-24-46(40)56/h1-32H. The highest BCUT2D eigenvalue weighted by molar-refractivity contribution is 6.09. The lowest BCUT2D eigenvalue weighted by molar-refractivity contribution is 0.669. The number of benzene rings is 8. The Bertz CT molecular complexity index is 3260. The fraction of sp³-hybridized carbons (Fsp3) is 0.0192. The molecule has 0 N–H and O–H groups in total. The van der Waals surface area contributed by atoms with E-state index in [0.717, 1.165) is 55.4 Å². The molecular formula is C52H32N4O. The first-order chi connectivity index (χ1) is 28.3. The van der Waals surface area contributed by atoms with Crippen LogP contribution in [0.2, 0.25) is 0 Å². The van der Waals surface area contributed by atoms with Gasteiger partial charge in [-0.25, -0.2) is 15.0 Å². The summed E-state index contributed by atoms with van der Waals surface area (Å²) in [5, 5.41) is 4.60. The zero-order valence-corrected chi connectivity index (χ0v) is 30.7. The van der Waals surface area contributed by atoms with Gasteiger partial charge in [0.1, 0.15) is 16.6 Å². The van der Waals surface area contributed by atoms with Crippen molar-refractivity contribution >= 4 is 43.7 Å². The van der Waals surface area contributed by atoms with Crippen LogP contribution in [0.1, 0.15) is 22.5 Å². The number of fused-ring (bicyclic) bond motifs is 9. The van der Waals surface area contributed by atoms with Crippen molar-refractivity contribution in [1.29, 1.82) is 0 Å². The summed E-state index contributed by atoms with van der Waals surface area (Å²) in [5.74, 6) is 1.86. The molecule has 1 aliphatic rings. The average molecular weight is 729 g/mol. The second kappa shape index (κ2) is 12.2. The Morgan fingerprint density at radius 2 is 0.930 bits per heavy atom. The maximum Gasteiger partial charge on any atom is 0.163 e. The van der Waals surface area contributed by atoms with E-state index in [4.69, 9.17) is 19.4 Å². The molecule has 1 aliphatic carbocycles. The Hall–Kier alpha value is -7.63. The van der Waals surface area contributed by atoms with E-state index < -0.39 is 5.41 Å². The van der Waals surface area contributed by atoms with Gasteiger partial charge in [0, 0.05) is 38.4 Å². The van der Waals surface area contributed by atoms with Crippen LogP contribution in [0.15, 0.2) is 199 Å². The Morgan fingerprint density at radius 1 is 0.404 bits per heavy atom. The van der Waals surface area contributed by atoms with Crippen LogP contribution >= 0.6 is 0 Å². The summed E-state index contributed by atoms with van der Waals surface area (Å²) in [7, 11) is 0. The summed E-state index contributed by atoms with van der Waals surface area (Å²) in [6, 6.07) is 68.2. The maximum atomic E-state index is 6.38. The predicted molar refractivity (Wildman–Crippen MR) is 230 cm³/mol. The predicted octanol–water partition coefficient (Wildman–Crippen LogP) is 12.6. The molecule has 11 aromatic rings. The molecular weight excluding hydrogens is 697 g/mol. The van der Waals surface area contributed by atoms with Crippen LogP contribution in [-0.2, 0) is 5.41 Å². The minimum absolute atomic E-state index is 0.584. The topological polar surface area (TPSA) is 56.7 Å². The molecule has 0 fully saturated rings. The van der Waals surface area contributed by atoms with Gasteiger partial charge in [0.05, 0.1) is 11.0 Å². The third-order valence-electron chi connectivity index (χ3n) is 11.7. The molecule has 8 aromatic carbocycles. The van der Waals surface area contributed by atoms with Crippen LogP contribution < -0.4 is 0 Å². The van der Waals surface area contributed by atoms with Gasteiger partial charge in [-0.2, -0.15) is 0 Å². The monoisotopic (exact) mass is 728 g/mol. The molecule has 0 saturated heterocycles. The molecule has 5 heteroatoms. The molecule has 0 saturated carbocycles. The summed E-state index contributed by atoms with van der Waals surface area (Å²) in [5.41, 5.74) is 11.8. The Labute approximate surface area is 328 Å². The van der Waals surface area contributed by atoms with Crippen molar-refractivity contribution in [2.24, 2.45) is 0 Å². The zero-order chi connectivity index (χ0) is 37.5. The first kappa shape index (κ1) is 31.7. The maximum absolute atomic E-state index is 6.38. The lowest BCUT2D eigenvalue weighted by atomic mass is 9.71. The van der Waals surface area contributed by atoms with Crippen molar-refractivity contribution in [1.82, 2.24) is 19.5 Å². The molecule has 266 valence electrons. The lowest BCUT2D eigenvalue weighted by Crippen LogP contribution is -2.31. The normalized spacial score (nSPS) is 13.1. The number of rotatable bonds is 5. The lowest BCUT2D eigenvalue weighted by Gasteiger charge is -2.31. The first-order valence-electron chi connectivity index (χ1n) is 19.3. The van der Waals surface area contributed by atoms with Gasteiger partial charge >= 0.3 is 0 Å². The number of furan rings is 1. The zero-order valence-electron chi connectivity index (χ0n) is 30.7. The number of nitrogens with zero attached hydrogens (tertiary/aromatic N) is 4. The Kier molecular flexibility index (Phi) is 6.78. The van der Waals surface area contributed by atoms with Crippen LogP contribution in [-0.4, -0.2) is 19.5 Å².